The topological polar surface area (TPSA) is 81.4 Å². The van der Waals surface area contributed by atoms with Gasteiger partial charge >= 0.3 is 0 Å². The van der Waals surface area contributed by atoms with Crippen molar-refractivity contribution >= 4 is 9.84 Å². The van der Waals surface area contributed by atoms with E-state index in [-0.39, 0.29) is 12.0 Å². The molecule has 0 spiro atoms. The molecule has 0 aromatic heterocycles. The second kappa shape index (κ2) is 5.36. The van der Waals surface area contributed by atoms with Crippen LogP contribution in [0.4, 0.5) is 0 Å². The summed E-state index contributed by atoms with van der Waals surface area (Å²) in [6, 6.07) is 6.83. The van der Waals surface area contributed by atoms with E-state index in [1.54, 1.807) is 18.2 Å². The molecule has 1 aliphatic rings. The molecule has 0 saturated carbocycles. The second-order valence-electron chi connectivity index (χ2n) is 4.61. The van der Waals surface area contributed by atoms with Gasteiger partial charge in [0.2, 0.25) is 0 Å². The van der Waals surface area contributed by atoms with Crippen LogP contribution in [0.5, 0.6) is 0 Å². The summed E-state index contributed by atoms with van der Waals surface area (Å²) >= 11 is 0. The van der Waals surface area contributed by atoms with Crippen LogP contribution in [-0.4, -0.2) is 27.9 Å². The number of nitrogens with one attached hydrogen (secondary N) is 1. The smallest absolute Gasteiger partial charge is 0.175 e. The maximum absolute atomic E-state index is 11.5. The SMILES string of the molecule is CS(=O)(=O)c1cccc(C(NN)C2CCOC2)c1. The van der Waals surface area contributed by atoms with Crippen LogP contribution in [0.15, 0.2) is 29.2 Å². The third-order valence-electron chi connectivity index (χ3n) is 3.26. The zero-order valence-electron chi connectivity index (χ0n) is 10.3. The Hall–Kier alpha value is -0.950. The van der Waals surface area contributed by atoms with Crippen molar-refractivity contribution in [3.05, 3.63) is 29.8 Å². The number of hydrazine groups is 1. The van der Waals surface area contributed by atoms with E-state index in [0.29, 0.717) is 11.5 Å². The molecule has 0 aliphatic carbocycles. The molecule has 1 fully saturated rings. The van der Waals surface area contributed by atoms with Gasteiger partial charge in [0.25, 0.3) is 0 Å². The molecule has 3 N–H and O–H groups in total. The largest absolute Gasteiger partial charge is 0.381 e. The maximum atomic E-state index is 11.5. The summed E-state index contributed by atoms with van der Waals surface area (Å²) in [5, 5.41) is 0. The average Bonchev–Trinajstić information content (AvgIpc) is 2.83. The Balaban J connectivity index is 2.31. The Bertz CT molecular complexity index is 510. The van der Waals surface area contributed by atoms with E-state index in [1.165, 1.54) is 6.26 Å². The van der Waals surface area contributed by atoms with Crippen LogP contribution in [0.2, 0.25) is 0 Å². The van der Waals surface area contributed by atoms with E-state index in [0.717, 1.165) is 18.6 Å². The summed E-state index contributed by atoms with van der Waals surface area (Å²) in [6.07, 6.45) is 2.13. The number of hydrogen-bond donors (Lipinski definition) is 2. The highest BCUT2D eigenvalue weighted by Gasteiger charge is 2.26. The van der Waals surface area contributed by atoms with Gasteiger partial charge in [-0.05, 0) is 24.1 Å². The fourth-order valence-corrected chi connectivity index (χ4v) is 2.93. The molecule has 0 radical (unpaired) electrons. The summed E-state index contributed by atoms with van der Waals surface area (Å²) < 4.78 is 28.4. The lowest BCUT2D eigenvalue weighted by molar-refractivity contribution is 0.177. The lowest BCUT2D eigenvalue weighted by atomic mass is 9.93. The summed E-state index contributed by atoms with van der Waals surface area (Å²) in [7, 11) is -3.19. The molecule has 6 heteroatoms. The van der Waals surface area contributed by atoms with E-state index in [2.05, 4.69) is 5.43 Å². The van der Waals surface area contributed by atoms with Gasteiger partial charge in [-0.25, -0.2) is 8.42 Å². The zero-order chi connectivity index (χ0) is 13.2. The van der Waals surface area contributed by atoms with Crippen molar-refractivity contribution in [2.24, 2.45) is 11.8 Å². The first-order valence-electron chi connectivity index (χ1n) is 5.86. The highest BCUT2D eigenvalue weighted by Crippen LogP contribution is 2.29. The minimum atomic E-state index is -3.19. The Morgan fingerprint density at radius 3 is 2.83 bits per heavy atom. The molecule has 0 amide bonds. The number of ether oxygens (including phenoxy) is 1. The third kappa shape index (κ3) is 2.89. The molecule has 0 bridgehead atoms. The van der Waals surface area contributed by atoms with Crippen molar-refractivity contribution in [3.63, 3.8) is 0 Å². The minimum Gasteiger partial charge on any atom is -0.381 e. The summed E-state index contributed by atoms with van der Waals surface area (Å²) in [4.78, 5) is 0.319. The number of rotatable bonds is 4. The van der Waals surface area contributed by atoms with Crippen LogP contribution < -0.4 is 11.3 Å². The Morgan fingerprint density at radius 2 is 2.28 bits per heavy atom. The van der Waals surface area contributed by atoms with Gasteiger partial charge in [0.15, 0.2) is 9.84 Å². The third-order valence-corrected chi connectivity index (χ3v) is 4.37. The average molecular weight is 270 g/mol. The van der Waals surface area contributed by atoms with Gasteiger partial charge in [-0.15, -0.1) is 0 Å². The number of sulfone groups is 1. The first kappa shape index (κ1) is 13.5. The quantitative estimate of drug-likeness (QED) is 0.619. The molecule has 1 aromatic rings. The van der Waals surface area contributed by atoms with Crippen LogP contribution in [0.1, 0.15) is 18.0 Å². The van der Waals surface area contributed by atoms with Crippen LogP contribution in [-0.2, 0) is 14.6 Å². The van der Waals surface area contributed by atoms with Crippen LogP contribution in [0.3, 0.4) is 0 Å². The Morgan fingerprint density at radius 1 is 1.50 bits per heavy atom. The van der Waals surface area contributed by atoms with E-state index in [1.807, 2.05) is 6.07 Å². The predicted molar refractivity (Wildman–Crippen MR) is 68.5 cm³/mol. The first-order valence-corrected chi connectivity index (χ1v) is 7.75. The van der Waals surface area contributed by atoms with Gasteiger partial charge in [-0.2, -0.15) is 0 Å². The number of hydrogen-bond acceptors (Lipinski definition) is 5. The fourth-order valence-electron chi connectivity index (χ4n) is 2.26. The zero-order valence-corrected chi connectivity index (χ0v) is 11.1. The van der Waals surface area contributed by atoms with Crippen molar-refractivity contribution in [1.29, 1.82) is 0 Å². The van der Waals surface area contributed by atoms with Crippen molar-refractivity contribution in [1.82, 2.24) is 5.43 Å². The second-order valence-corrected chi connectivity index (χ2v) is 6.63. The predicted octanol–water partition coefficient (Wildman–Crippen LogP) is 0.631. The van der Waals surface area contributed by atoms with Crippen LogP contribution >= 0.6 is 0 Å². The van der Waals surface area contributed by atoms with Crippen LogP contribution in [0.25, 0.3) is 0 Å². The molecule has 2 unspecified atom stereocenters. The molecule has 1 heterocycles. The van der Waals surface area contributed by atoms with E-state index >= 15 is 0 Å². The monoisotopic (exact) mass is 270 g/mol. The van der Waals surface area contributed by atoms with Gasteiger partial charge in [0.05, 0.1) is 17.5 Å². The minimum absolute atomic E-state index is 0.0748. The molecular formula is C12H18N2O3S. The summed E-state index contributed by atoms with van der Waals surface area (Å²) in [6.45, 7) is 1.38. The lowest BCUT2D eigenvalue weighted by Crippen LogP contribution is -2.34. The van der Waals surface area contributed by atoms with Crippen molar-refractivity contribution in [3.8, 4) is 0 Å². The van der Waals surface area contributed by atoms with E-state index in [9.17, 15) is 8.42 Å². The van der Waals surface area contributed by atoms with Crippen LogP contribution in [0, 0.1) is 5.92 Å². The number of benzene rings is 1. The van der Waals surface area contributed by atoms with Crippen molar-refractivity contribution < 1.29 is 13.2 Å². The summed E-state index contributed by atoms with van der Waals surface area (Å²) in [5.74, 6) is 5.87. The van der Waals surface area contributed by atoms with Crippen molar-refractivity contribution in [2.45, 2.75) is 17.4 Å². The molecular weight excluding hydrogens is 252 g/mol. The van der Waals surface area contributed by atoms with Gasteiger partial charge in [0, 0.05) is 18.8 Å². The van der Waals surface area contributed by atoms with Crippen molar-refractivity contribution in [2.75, 3.05) is 19.5 Å². The standard InChI is InChI=1S/C12H18N2O3S/c1-18(15,16)11-4-2-3-9(7-11)12(14-13)10-5-6-17-8-10/h2-4,7,10,12,14H,5-6,8,13H2,1H3. The fraction of sp³-hybridized carbons (Fsp3) is 0.500. The molecule has 1 saturated heterocycles. The van der Waals surface area contributed by atoms with Gasteiger partial charge in [0.1, 0.15) is 0 Å². The Kier molecular flexibility index (Phi) is 4.01. The molecule has 2 atom stereocenters. The molecule has 1 aliphatic heterocycles. The van der Waals surface area contributed by atoms with Gasteiger partial charge in [-0.1, -0.05) is 12.1 Å². The normalized spacial score (nSPS) is 22.0. The molecule has 1 aromatic carbocycles. The number of nitrogens with two attached hydrogens (primary N) is 1. The van der Waals surface area contributed by atoms with E-state index in [4.69, 9.17) is 10.6 Å². The lowest BCUT2D eigenvalue weighted by Gasteiger charge is -2.22. The first-order chi connectivity index (χ1) is 8.52. The molecule has 5 nitrogen and oxygen atoms in total. The molecule has 2 rings (SSSR count). The highest BCUT2D eigenvalue weighted by atomic mass is 32.2. The summed E-state index contributed by atoms with van der Waals surface area (Å²) in [5.41, 5.74) is 3.65. The molecule has 18 heavy (non-hydrogen) atoms. The highest BCUT2D eigenvalue weighted by molar-refractivity contribution is 7.90. The maximum Gasteiger partial charge on any atom is 0.175 e. The van der Waals surface area contributed by atoms with Gasteiger partial charge in [-0.3, -0.25) is 11.3 Å². The van der Waals surface area contributed by atoms with E-state index < -0.39 is 9.84 Å². The van der Waals surface area contributed by atoms with Gasteiger partial charge < -0.3 is 4.74 Å². The Labute approximate surface area is 107 Å². The molecule has 100 valence electrons.